The molecule has 0 bridgehead atoms. The average molecular weight is 374 g/mol. The lowest BCUT2D eigenvalue weighted by Gasteiger charge is -2.09. The van der Waals surface area contributed by atoms with Crippen LogP contribution in [0.25, 0.3) is 0 Å². The highest BCUT2D eigenvalue weighted by atomic mass is 16.2. The highest BCUT2D eigenvalue weighted by Gasteiger charge is 2.05. The van der Waals surface area contributed by atoms with Crippen molar-refractivity contribution in [3.63, 3.8) is 0 Å². The third kappa shape index (κ3) is 5.67. The number of aromatic nitrogens is 1. The molecule has 0 aliphatic rings. The fourth-order valence-electron chi connectivity index (χ4n) is 2.78. The normalized spacial score (nSPS) is 10.2. The Kier molecular flexibility index (Phi) is 6.01. The quantitative estimate of drug-likeness (QED) is 0.602. The summed E-state index contributed by atoms with van der Waals surface area (Å²) in [5, 5.41) is 8.76. The molecule has 0 aliphatic carbocycles. The van der Waals surface area contributed by atoms with Crippen LogP contribution in [-0.2, 0) is 16.0 Å². The van der Waals surface area contributed by atoms with Crippen LogP contribution in [0.15, 0.2) is 66.9 Å². The molecule has 0 fully saturated rings. The second kappa shape index (κ2) is 8.81. The third-order valence-corrected chi connectivity index (χ3v) is 3.95. The van der Waals surface area contributed by atoms with Gasteiger partial charge < -0.3 is 16.0 Å². The average Bonchev–Trinajstić information content (AvgIpc) is 2.63. The Bertz CT molecular complexity index is 984. The van der Waals surface area contributed by atoms with Crippen LogP contribution in [0.1, 0.15) is 18.1 Å². The van der Waals surface area contributed by atoms with Crippen molar-refractivity contribution in [1.29, 1.82) is 0 Å². The van der Waals surface area contributed by atoms with Crippen molar-refractivity contribution in [3.05, 3.63) is 78.0 Å². The summed E-state index contributed by atoms with van der Waals surface area (Å²) in [5.41, 5.74) is 4.25. The van der Waals surface area contributed by atoms with Crippen LogP contribution >= 0.6 is 0 Å². The lowest BCUT2D eigenvalue weighted by molar-refractivity contribution is -0.116. The minimum absolute atomic E-state index is 0.0869. The summed E-state index contributed by atoms with van der Waals surface area (Å²) in [5.74, 6) is 0.425. The number of anilines is 4. The number of benzene rings is 2. The van der Waals surface area contributed by atoms with E-state index >= 15 is 0 Å². The van der Waals surface area contributed by atoms with Crippen LogP contribution in [0, 0.1) is 6.92 Å². The van der Waals surface area contributed by atoms with Gasteiger partial charge >= 0.3 is 0 Å². The Labute approximate surface area is 164 Å². The number of nitrogens with zero attached hydrogens (tertiary/aromatic N) is 1. The molecule has 0 spiro atoms. The van der Waals surface area contributed by atoms with Gasteiger partial charge in [0.15, 0.2) is 0 Å². The predicted molar refractivity (Wildman–Crippen MR) is 112 cm³/mol. The molecule has 6 heteroatoms. The van der Waals surface area contributed by atoms with E-state index in [9.17, 15) is 9.59 Å². The maximum atomic E-state index is 12.2. The van der Waals surface area contributed by atoms with Crippen LogP contribution in [-0.4, -0.2) is 16.8 Å². The first-order valence-electron chi connectivity index (χ1n) is 8.94. The molecule has 0 saturated heterocycles. The molecular weight excluding hydrogens is 352 g/mol. The van der Waals surface area contributed by atoms with Gasteiger partial charge in [0.2, 0.25) is 11.8 Å². The number of rotatable bonds is 6. The van der Waals surface area contributed by atoms with E-state index in [4.69, 9.17) is 0 Å². The summed E-state index contributed by atoms with van der Waals surface area (Å²) in [4.78, 5) is 27.7. The standard InChI is InChI=1S/C22H22N4O2/c1-15-5-3-6-17(11-15)12-22(28)26-20-9-10-21(23-14-20)25-19-8-4-7-18(13-19)24-16(2)27/h3-11,13-14H,12H2,1-2H3,(H,23,25)(H,24,27)(H,26,28). The molecule has 2 amide bonds. The number of pyridine rings is 1. The summed E-state index contributed by atoms with van der Waals surface area (Å²) >= 11 is 0. The molecule has 0 radical (unpaired) electrons. The Balaban J connectivity index is 1.59. The maximum absolute atomic E-state index is 12.2. The smallest absolute Gasteiger partial charge is 0.228 e. The van der Waals surface area contributed by atoms with Crippen molar-refractivity contribution in [1.82, 2.24) is 4.98 Å². The molecule has 3 aromatic rings. The molecule has 3 N–H and O–H groups in total. The van der Waals surface area contributed by atoms with Crippen LogP contribution < -0.4 is 16.0 Å². The van der Waals surface area contributed by atoms with E-state index in [1.165, 1.54) is 6.92 Å². The first-order valence-corrected chi connectivity index (χ1v) is 8.94. The highest BCUT2D eigenvalue weighted by molar-refractivity contribution is 5.92. The molecule has 1 aromatic heterocycles. The van der Waals surface area contributed by atoms with Gasteiger partial charge in [-0.2, -0.15) is 0 Å². The highest BCUT2D eigenvalue weighted by Crippen LogP contribution is 2.20. The van der Waals surface area contributed by atoms with E-state index < -0.39 is 0 Å². The van der Waals surface area contributed by atoms with Gasteiger partial charge in [0.1, 0.15) is 5.82 Å². The zero-order valence-corrected chi connectivity index (χ0v) is 15.8. The SMILES string of the molecule is CC(=O)Nc1cccc(Nc2ccc(NC(=O)Cc3cccc(C)c3)cn2)c1. The topological polar surface area (TPSA) is 83.1 Å². The fraction of sp³-hybridized carbons (Fsp3) is 0.136. The number of hydrogen-bond donors (Lipinski definition) is 3. The number of aryl methyl sites for hydroxylation is 1. The minimum Gasteiger partial charge on any atom is -0.340 e. The zero-order chi connectivity index (χ0) is 19.9. The summed E-state index contributed by atoms with van der Waals surface area (Å²) in [6.07, 6.45) is 1.92. The molecular formula is C22H22N4O2. The summed E-state index contributed by atoms with van der Waals surface area (Å²) < 4.78 is 0. The number of amides is 2. The van der Waals surface area contributed by atoms with Gasteiger partial charge in [0.25, 0.3) is 0 Å². The zero-order valence-electron chi connectivity index (χ0n) is 15.8. The molecule has 1 heterocycles. The Hall–Kier alpha value is -3.67. The van der Waals surface area contributed by atoms with Crippen molar-refractivity contribution in [3.8, 4) is 0 Å². The third-order valence-electron chi connectivity index (χ3n) is 3.95. The largest absolute Gasteiger partial charge is 0.340 e. The Morgan fingerprint density at radius 2 is 1.68 bits per heavy atom. The van der Waals surface area contributed by atoms with Crippen molar-refractivity contribution in [2.45, 2.75) is 20.3 Å². The molecule has 0 atom stereocenters. The number of hydrogen-bond acceptors (Lipinski definition) is 4. The second-order valence-electron chi connectivity index (χ2n) is 6.53. The van der Waals surface area contributed by atoms with Crippen molar-refractivity contribution in [2.75, 3.05) is 16.0 Å². The number of nitrogens with one attached hydrogen (secondary N) is 3. The molecule has 2 aromatic carbocycles. The van der Waals surface area contributed by atoms with Crippen LogP contribution in [0.2, 0.25) is 0 Å². The van der Waals surface area contributed by atoms with E-state index in [0.717, 1.165) is 16.8 Å². The van der Waals surface area contributed by atoms with Crippen LogP contribution in [0.3, 0.4) is 0 Å². The van der Waals surface area contributed by atoms with Crippen LogP contribution in [0.5, 0.6) is 0 Å². The maximum Gasteiger partial charge on any atom is 0.228 e. The second-order valence-corrected chi connectivity index (χ2v) is 6.53. The molecule has 0 unspecified atom stereocenters. The van der Waals surface area contributed by atoms with Gasteiger partial charge in [0, 0.05) is 18.3 Å². The van der Waals surface area contributed by atoms with E-state index in [1.807, 2.05) is 55.5 Å². The fourth-order valence-corrected chi connectivity index (χ4v) is 2.78. The van der Waals surface area contributed by atoms with Crippen LogP contribution in [0.4, 0.5) is 22.9 Å². The van der Waals surface area contributed by atoms with Gasteiger partial charge in [-0.25, -0.2) is 4.98 Å². The summed E-state index contributed by atoms with van der Waals surface area (Å²) in [6.45, 7) is 3.47. The van der Waals surface area contributed by atoms with Gasteiger partial charge in [-0.3, -0.25) is 9.59 Å². The number of carbonyl (C=O) groups excluding carboxylic acids is 2. The molecule has 0 aliphatic heterocycles. The molecule has 142 valence electrons. The molecule has 6 nitrogen and oxygen atoms in total. The Morgan fingerprint density at radius 1 is 0.893 bits per heavy atom. The van der Waals surface area contributed by atoms with Gasteiger partial charge in [-0.15, -0.1) is 0 Å². The monoisotopic (exact) mass is 374 g/mol. The van der Waals surface area contributed by atoms with E-state index in [0.29, 0.717) is 23.6 Å². The minimum atomic E-state index is -0.124. The summed E-state index contributed by atoms with van der Waals surface area (Å²) in [6, 6.07) is 18.8. The summed E-state index contributed by atoms with van der Waals surface area (Å²) in [7, 11) is 0. The van der Waals surface area contributed by atoms with E-state index in [-0.39, 0.29) is 11.8 Å². The van der Waals surface area contributed by atoms with E-state index in [2.05, 4.69) is 20.9 Å². The lowest BCUT2D eigenvalue weighted by Crippen LogP contribution is -2.14. The molecule has 28 heavy (non-hydrogen) atoms. The molecule has 0 saturated carbocycles. The lowest BCUT2D eigenvalue weighted by atomic mass is 10.1. The van der Waals surface area contributed by atoms with Gasteiger partial charge in [0.05, 0.1) is 18.3 Å². The van der Waals surface area contributed by atoms with Crippen molar-refractivity contribution < 1.29 is 9.59 Å². The van der Waals surface area contributed by atoms with Crippen molar-refractivity contribution in [2.24, 2.45) is 0 Å². The first-order chi connectivity index (χ1) is 13.5. The Morgan fingerprint density at radius 3 is 2.39 bits per heavy atom. The first kappa shape index (κ1) is 19.1. The van der Waals surface area contributed by atoms with E-state index in [1.54, 1.807) is 18.3 Å². The predicted octanol–water partition coefficient (Wildman–Crippen LogP) is 4.27. The number of carbonyl (C=O) groups is 2. The van der Waals surface area contributed by atoms with Gasteiger partial charge in [-0.05, 0) is 42.8 Å². The van der Waals surface area contributed by atoms with Gasteiger partial charge in [-0.1, -0.05) is 35.9 Å². The molecule has 3 rings (SSSR count). The van der Waals surface area contributed by atoms with Crippen molar-refractivity contribution >= 4 is 34.7 Å².